The maximum atomic E-state index is 11.7. The van der Waals surface area contributed by atoms with Crippen molar-refractivity contribution in [3.63, 3.8) is 0 Å². The molecule has 17 heavy (non-hydrogen) atoms. The molecule has 0 radical (unpaired) electrons. The Morgan fingerprint density at radius 2 is 1.82 bits per heavy atom. The van der Waals surface area contributed by atoms with Crippen LogP contribution in [0.3, 0.4) is 0 Å². The first-order chi connectivity index (χ1) is 8.04. The predicted molar refractivity (Wildman–Crippen MR) is 69.1 cm³/mol. The molecule has 0 saturated heterocycles. The zero-order chi connectivity index (χ0) is 12.8. The molecule has 0 fully saturated rings. The number of hydrogen-bond acceptors (Lipinski definition) is 2. The number of carbonyl (C=O) groups excluding carboxylic acids is 2. The van der Waals surface area contributed by atoms with E-state index in [0.29, 0.717) is 5.56 Å². The molecule has 0 bridgehead atoms. The van der Waals surface area contributed by atoms with Crippen LogP contribution in [0.15, 0.2) is 24.3 Å². The van der Waals surface area contributed by atoms with Crippen LogP contribution in [0, 0.1) is 5.92 Å². The number of amides is 1. The van der Waals surface area contributed by atoms with Gasteiger partial charge < -0.3 is 5.32 Å². The van der Waals surface area contributed by atoms with E-state index in [9.17, 15) is 9.59 Å². The fraction of sp³-hybridized carbons (Fsp3) is 0.429. The van der Waals surface area contributed by atoms with Crippen molar-refractivity contribution in [1.82, 2.24) is 0 Å². The first-order valence-corrected chi connectivity index (χ1v) is 5.96. The Hall–Kier alpha value is -1.64. The summed E-state index contributed by atoms with van der Waals surface area (Å²) in [5, 5.41) is 2.84. The molecule has 0 spiro atoms. The van der Waals surface area contributed by atoms with Gasteiger partial charge in [0.1, 0.15) is 0 Å². The third-order valence-corrected chi connectivity index (χ3v) is 2.73. The number of nitrogens with one attached hydrogen (secondary N) is 1. The van der Waals surface area contributed by atoms with E-state index in [1.165, 1.54) is 6.92 Å². The Balaban J connectivity index is 2.63. The van der Waals surface area contributed by atoms with Crippen LogP contribution in [0.2, 0.25) is 0 Å². The molecule has 1 rings (SSSR count). The number of carbonyl (C=O) groups is 2. The fourth-order valence-corrected chi connectivity index (χ4v) is 1.62. The summed E-state index contributed by atoms with van der Waals surface area (Å²) in [5.74, 6) is 0.0807. The van der Waals surface area contributed by atoms with Gasteiger partial charge in [-0.05, 0) is 37.6 Å². The van der Waals surface area contributed by atoms with Gasteiger partial charge in [-0.3, -0.25) is 9.59 Å². The largest absolute Gasteiger partial charge is 0.326 e. The van der Waals surface area contributed by atoms with Crippen LogP contribution in [-0.4, -0.2) is 11.7 Å². The van der Waals surface area contributed by atoms with E-state index in [2.05, 4.69) is 12.2 Å². The molecule has 1 aromatic carbocycles. The van der Waals surface area contributed by atoms with Crippen molar-refractivity contribution in [2.24, 2.45) is 5.92 Å². The molecule has 0 unspecified atom stereocenters. The monoisotopic (exact) mass is 233 g/mol. The second-order valence-electron chi connectivity index (χ2n) is 4.31. The van der Waals surface area contributed by atoms with Gasteiger partial charge in [0, 0.05) is 17.2 Å². The topological polar surface area (TPSA) is 46.2 Å². The molecule has 0 aliphatic carbocycles. The summed E-state index contributed by atoms with van der Waals surface area (Å²) in [4.78, 5) is 22.8. The van der Waals surface area contributed by atoms with E-state index >= 15 is 0 Å². The van der Waals surface area contributed by atoms with Crippen molar-refractivity contribution in [1.29, 1.82) is 0 Å². The minimum absolute atomic E-state index is 0.0208. The molecule has 0 saturated carbocycles. The maximum Gasteiger partial charge on any atom is 0.227 e. The number of ketones is 1. The third-order valence-electron chi connectivity index (χ3n) is 2.73. The third kappa shape index (κ3) is 4.02. The van der Waals surface area contributed by atoms with Gasteiger partial charge in [0.05, 0.1) is 0 Å². The molecule has 3 nitrogen and oxygen atoms in total. The predicted octanol–water partition coefficient (Wildman–Crippen LogP) is 3.26. The Labute approximate surface area is 102 Å². The summed E-state index contributed by atoms with van der Waals surface area (Å²) in [6.45, 7) is 5.51. The lowest BCUT2D eigenvalue weighted by Gasteiger charge is -2.11. The Morgan fingerprint density at radius 3 is 2.29 bits per heavy atom. The molecular weight excluding hydrogens is 214 g/mol. The second kappa shape index (κ2) is 6.18. The van der Waals surface area contributed by atoms with Crippen molar-refractivity contribution >= 4 is 17.4 Å². The van der Waals surface area contributed by atoms with Crippen LogP contribution in [0.5, 0.6) is 0 Å². The number of benzene rings is 1. The lowest BCUT2D eigenvalue weighted by Crippen LogP contribution is -2.20. The lowest BCUT2D eigenvalue weighted by molar-refractivity contribution is -0.119. The number of anilines is 1. The molecule has 0 aromatic heterocycles. The molecule has 0 aliphatic heterocycles. The number of hydrogen-bond donors (Lipinski definition) is 1. The van der Waals surface area contributed by atoms with E-state index in [1.807, 2.05) is 6.92 Å². The van der Waals surface area contributed by atoms with Gasteiger partial charge in [-0.2, -0.15) is 0 Å². The molecule has 0 heterocycles. The van der Waals surface area contributed by atoms with Gasteiger partial charge in [0.2, 0.25) is 5.91 Å². The lowest BCUT2D eigenvalue weighted by atomic mass is 10.1. The van der Waals surface area contributed by atoms with Crippen LogP contribution in [0.25, 0.3) is 0 Å². The zero-order valence-corrected chi connectivity index (χ0v) is 10.6. The zero-order valence-electron chi connectivity index (χ0n) is 10.6. The van der Waals surface area contributed by atoms with Gasteiger partial charge in [0.25, 0.3) is 0 Å². The Morgan fingerprint density at radius 1 is 1.24 bits per heavy atom. The normalized spacial score (nSPS) is 11.9. The van der Waals surface area contributed by atoms with Crippen LogP contribution in [0.4, 0.5) is 5.69 Å². The summed E-state index contributed by atoms with van der Waals surface area (Å²) in [7, 11) is 0. The molecule has 0 aliphatic rings. The minimum Gasteiger partial charge on any atom is -0.326 e. The average molecular weight is 233 g/mol. The van der Waals surface area contributed by atoms with Gasteiger partial charge in [-0.25, -0.2) is 0 Å². The van der Waals surface area contributed by atoms with Gasteiger partial charge >= 0.3 is 0 Å². The number of Topliss-reactive ketones (excluding diaryl/α,β-unsaturated/α-hetero) is 1. The summed E-state index contributed by atoms with van der Waals surface area (Å²) >= 11 is 0. The van der Waals surface area contributed by atoms with Crippen molar-refractivity contribution in [2.45, 2.75) is 33.6 Å². The highest BCUT2D eigenvalue weighted by Crippen LogP contribution is 2.13. The molecule has 1 atom stereocenters. The molecule has 1 N–H and O–H groups in total. The van der Waals surface area contributed by atoms with Crippen molar-refractivity contribution < 1.29 is 9.59 Å². The van der Waals surface area contributed by atoms with Crippen molar-refractivity contribution in [3.8, 4) is 0 Å². The van der Waals surface area contributed by atoms with Crippen LogP contribution in [-0.2, 0) is 4.79 Å². The van der Waals surface area contributed by atoms with Crippen LogP contribution < -0.4 is 5.32 Å². The van der Waals surface area contributed by atoms with Gasteiger partial charge in [-0.1, -0.05) is 20.3 Å². The van der Waals surface area contributed by atoms with E-state index in [-0.39, 0.29) is 17.6 Å². The summed E-state index contributed by atoms with van der Waals surface area (Å²) in [6, 6.07) is 6.96. The highest BCUT2D eigenvalue weighted by atomic mass is 16.1. The highest BCUT2D eigenvalue weighted by molar-refractivity contribution is 5.96. The van der Waals surface area contributed by atoms with E-state index in [0.717, 1.165) is 18.5 Å². The highest BCUT2D eigenvalue weighted by Gasteiger charge is 2.11. The first kappa shape index (κ1) is 13.4. The Bertz CT molecular complexity index is 395. The molecule has 3 heteroatoms. The van der Waals surface area contributed by atoms with E-state index in [1.54, 1.807) is 24.3 Å². The average Bonchev–Trinajstić information content (AvgIpc) is 2.30. The smallest absolute Gasteiger partial charge is 0.227 e. The molecule has 1 amide bonds. The summed E-state index contributed by atoms with van der Waals surface area (Å²) in [5.41, 5.74) is 1.40. The van der Waals surface area contributed by atoms with Gasteiger partial charge in [-0.15, -0.1) is 0 Å². The van der Waals surface area contributed by atoms with Gasteiger partial charge in [0.15, 0.2) is 5.78 Å². The second-order valence-corrected chi connectivity index (χ2v) is 4.31. The standard InChI is InChI=1S/C14H19NO2/c1-4-5-10(2)14(17)15-13-8-6-12(7-9-13)11(3)16/h6-10H,4-5H2,1-3H3,(H,15,17)/t10-/m1/s1. The maximum absolute atomic E-state index is 11.7. The number of rotatable bonds is 5. The van der Waals surface area contributed by atoms with Crippen LogP contribution >= 0.6 is 0 Å². The first-order valence-electron chi connectivity index (χ1n) is 5.96. The quantitative estimate of drug-likeness (QED) is 0.793. The van der Waals surface area contributed by atoms with Crippen LogP contribution in [0.1, 0.15) is 44.0 Å². The molecular formula is C14H19NO2. The van der Waals surface area contributed by atoms with E-state index in [4.69, 9.17) is 0 Å². The molecule has 92 valence electrons. The summed E-state index contributed by atoms with van der Waals surface area (Å²) < 4.78 is 0. The van der Waals surface area contributed by atoms with Crippen molar-refractivity contribution in [2.75, 3.05) is 5.32 Å². The van der Waals surface area contributed by atoms with E-state index < -0.39 is 0 Å². The fourth-order valence-electron chi connectivity index (χ4n) is 1.62. The summed E-state index contributed by atoms with van der Waals surface area (Å²) in [6.07, 6.45) is 1.88. The van der Waals surface area contributed by atoms with Crippen molar-refractivity contribution in [3.05, 3.63) is 29.8 Å². The minimum atomic E-state index is 0.0208. The molecule has 1 aromatic rings. The SMILES string of the molecule is CCC[C@@H](C)C(=O)Nc1ccc(C(C)=O)cc1. The Kier molecular flexibility index (Phi) is 4.88.